The van der Waals surface area contributed by atoms with E-state index in [4.69, 9.17) is 14.8 Å². The predicted molar refractivity (Wildman–Crippen MR) is 175 cm³/mol. The standard InChI is InChI=1S/C33H67N2O6P/c1-3-5-7-9-11-13-15-17-18-20-22-24-26-32(36)31(30-41-42(38,39)40-29-28-34)35-33(37)27-25-23-21-19-16-14-12-10-8-6-4-2/h24,26,31-32,36H,3-23,25,27-30,34H2,1-2H3,(H,35,37)(H,38,39)/b26-24+. The van der Waals surface area contributed by atoms with Crippen molar-refractivity contribution in [1.82, 2.24) is 5.32 Å². The Morgan fingerprint density at radius 3 is 1.69 bits per heavy atom. The van der Waals surface area contributed by atoms with E-state index in [2.05, 4.69) is 19.2 Å². The molecule has 1 amide bonds. The summed E-state index contributed by atoms with van der Waals surface area (Å²) < 4.78 is 21.9. The molecule has 0 bridgehead atoms. The Hall–Kier alpha value is -0.760. The smallest absolute Gasteiger partial charge is 0.387 e. The molecule has 250 valence electrons. The van der Waals surface area contributed by atoms with Crippen molar-refractivity contribution in [2.45, 2.75) is 174 Å². The molecule has 0 radical (unpaired) electrons. The van der Waals surface area contributed by atoms with Gasteiger partial charge in [-0.1, -0.05) is 148 Å². The first kappa shape index (κ1) is 41.2. The van der Waals surface area contributed by atoms with E-state index in [-0.39, 0.29) is 25.7 Å². The van der Waals surface area contributed by atoms with Gasteiger partial charge in [0.25, 0.3) is 0 Å². The van der Waals surface area contributed by atoms with Crippen LogP contribution in [0, 0.1) is 0 Å². The number of nitrogens with two attached hydrogens (primary N) is 1. The van der Waals surface area contributed by atoms with Gasteiger partial charge in [-0.05, 0) is 19.3 Å². The fourth-order valence-electron chi connectivity index (χ4n) is 4.95. The highest BCUT2D eigenvalue weighted by atomic mass is 31.2. The summed E-state index contributed by atoms with van der Waals surface area (Å²) in [5.74, 6) is -0.197. The molecule has 0 aromatic rings. The van der Waals surface area contributed by atoms with E-state index in [1.54, 1.807) is 6.08 Å². The molecule has 9 heteroatoms. The predicted octanol–water partition coefficient (Wildman–Crippen LogP) is 8.49. The highest BCUT2D eigenvalue weighted by Crippen LogP contribution is 2.43. The van der Waals surface area contributed by atoms with Gasteiger partial charge in [0.2, 0.25) is 5.91 Å². The van der Waals surface area contributed by atoms with Crippen molar-refractivity contribution in [3.8, 4) is 0 Å². The Kier molecular flexibility index (Phi) is 29.7. The van der Waals surface area contributed by atoms with E-state index in [9.17, 15) is 19.4 Å². The molecule has 42 heavy (non-hydrogen) atoms. The lowest BCUT2D eigenvalue weighted by Crippen LogP contribution is -2.45. The first-order valence-electron chi connectivity index (χ1n) is 17.3. The molecule has 0 rings (SSSR count). The number of allylic oxidation sites excluding steroid dienone is 1. The van der Waals surface area contributed by atoms with Crippen LogP contribution in [0.4, 0.5) is 0 Å². The molecule has 0 aliphatic heterocycles. The van der Waals surface area contributed by atoms with Gasteiger partial charge in [0, 0.05) is 13.0 Å². The van der Waals surface area contributed by atoms with Gasteiger partial charge in [-0.15, -0.1) is 0 Å². The van der Waals surface area contributed by atoms with Gasteiger partial charge in [0.15, 0.2) is 0 Å². The molecule has 0 aromatic heterocycles. The third-order valence-electron chi connectivity index (χ3n) is 7.61. The van der Waals surface area contributed by atoms with Crippen molar-refractivity contribution in [3.05, 3.63) is 12.2 Å². The minimum atomic E-state index is -4.32. The Labute approximate surface area is 258 Å². The summed E-state index contributed by atoms with van der Waals surface area (Å²) in [6.45, 7) is 4.10. The van der Waals surface area contributed by atoms with Crippen molar-refractivity contribution in [2.75, 3.05) is 19.8 Å². The van der Waals surface area contributed by atoms with Gasteiger partial charge in [-0.2, -0.15) is 0 Å². The summed E-state index contributed by atoms with van der Waals surface area (Å²) >= 11 is 0. The number of phosphoric acid groups is 1. The van der Waals surface area contributed by atoms with Crippen LogP contribution in [0.2, 0.25) is 0 Å². The molecule has 0 saturated carbocycles. The van der Waals surface area contributed by atoms with Crippen molar-refractivity contribution >= 4 is 13.7 Å². The third kappa shape index (κ3) is 28.0. The molecule has 5 N–H and O–H groups in total. The fraction of sp³-hybridized carbons (Fsp3) is 0.909. The third-order valence-corrected chi connectivity index (χ3v) is 8.60. The van der Waals surface area contributed by atoms with Crippen LogP contribution in [0.25, 0.3) is 0 Å². The van der Waals surface area contributed by atoms with Crippen molar-refractivity contribution in [2.24, 2.45) is 5.73 Å². The summed E-state index contributed by atoms with van der Waals surface area (Å²) in [6.07, 6.45) is 29.6. The molecule has 0 spiro atoms. The maximum Gasteiger partial charge on any atom is 0.472 e. The number of aliphatic hydroxyl groups is 1. The number of amides is 1. The van der Waals surface area contributed by atoms with Crippen LogP contribution < -0.4 is 11.1 Å². The summed E-state index contributed by atoms with van der Waals surface area (Å²) in [7, 11) is -4.32. The maximum absolute atomic E-state index is 12.6. The minimum Gasteiger partial charge on any atom is -0.387 e. The lowest BCUT2D eigenvalue weighted by atomic mass is 10.0. The topological polar surface area (TPSA) is 131 Å². The number of carbonyl (C=O) groups is 1. The molecule has 0 aliphatic rings. The van der Waals surface area contributed by atoms with Gasteiger partial charge in [0.05, 0.1) is 25.4 Å². The van der Waals surface area contributed by atoms with Crippen molar-refractivity contribution < 1.29 is 28.4 Å². The van der Waals surface area contributed by atoms with Crippen LogP contribution in [0.15, 0.2) is 12.2 Å². The largest absolute Gasteiger partial charge is 0.472 e. The number of hydrogen-bond acceptors (Lipinski definition) is 6. The highest BCUT2D eigenvalue weighted by Gasteiger charge is 2.26. The minimum absolute atomic E-state index is 0.0807. The maximum atomic E-state index is 12.6. The van der Waals surface area contributed by atoms with Gasteiger partial charge < -0.3 is 21.1 Å². The van der Waals surface area contributed by atoms with E-state index in [0.717, 1.165) is 38.5 Å². The average Bonchev–Trinajstić information content (AvgIpc) is 2.97. The normalized spacial score (nSPS) is 14.7. The van der Waals surface area contributed by atoms with Gasteiger partial charge in [-0.25, -0.2) is 4.57 Å². The summed E-state index contributed by atoms with van der Waals surface area (Å²) in [5.41, 5.74) is 5.34. The number of hydrogen-bond donors (Lipinski definition) is 4. The molecule has 0 aliphatic carbocycles. The zero-order valence-electron chi connectivity index (χ0n) is 27.2. The summed E-state index contributed by atoms with van der Waals surface area (Å²) in [6, 6.07) is -0.851. The molecule has 0 heterocycles. The molecule has 0 fully saturated rings. The number of nitrogens with one attached hydrogen (secondary N) is 1. The molecular weight excluding hydrogens is 551 g/mol. The van der Waals surface area contributed by atoms with E-state index < -0.39 is 20.0 Å². The molecule has 0 aromatic carbocycles. The first-order valence-corrected chi connectivity index (χ1v) is 18.8. The van der Waals surface area contributed by atoms with E-state index in [1.807, 2.05) is 6.08 Å². The zero-order chi connectivity index (χ0) is 31.2. The Morgan fingerprint density at radius 2 is 1.21 bits per heavy atom. The molecule has 8 nitrogen and oxygen atoms in total. The van der Waals surface area contributed by atoms with Crippen LogP contribution in [0.3, 0.4) is 0 Å². The highest BCUT2D eigenvalue weighted by molar-refractivity contribution is 7.47. The van der Waals surface area contributed by atoms with Gasteiger partial charge in [0.1, 0.15) is 0 Å². The van der Waals surface area contributed by atoms with Crippen LogP contribution >= 0.6 is 7.82 Å². The fourth-order valence-corrected chi connectivity index (χ4v) is 5.71. The average molecular weight is 619 g/mol. The van der Waals surface area contributed by atoms with E-state index in [1.165, 1.54) is 103 Å². The lowest BCUT2D eigenvalue weighted by Gasteiger charge is -2.23. The number of aliphatic hydroxyl groups excluding tert-OH is 1. The Morgan fingerprint density at radius 1 is 0.762 bits per heavy atom. The molecule has 3 atom stereocenters. The zero-order valence-corrected chi connectivity index (χ0v) is 28.1. The van der Waals surface area contributed by atoms with Gasteiger partial charge >= 0.3 is 7.82 Å². The SMILES string of the molecule is CCCCCCCCCCCC/C=C/C(O)C(COP(=O)(O)OCCN)NC(=O)CCCCCCCCCCCCC. The number of unbranched alkanes of at least 4 members (excludes halogenated alkanes) is 20. The summed E-state index contributed by atoms with van der Waals surface area (Å²) in [4.78, 5) is 22.5. The second-order valence-corrected chi connectivity index (χ2v) is 13.2. The molecule has 3 unspecified atom stereocenters. The number of phosphoric ester groups is 1. The quantitative estimate of drug-likeness (QED) is 0.0338. The Balaban J connectivity index is 4.38. The van der Waals surface area contributed by atoms with Crippen LogP contribution in [-0.2, 0) is 18.4 Å². The van der Waals surface area contributed by atoms with Crippen LogP contribution in [0.1, 0.15) is 162 Å². The number of carbonyl (C=O) groups excluding carboxylic acids is 1. The Bertz CT molecular complexity index is 679. The molecular formula is C33H67N2O6P. The molecule has 0 saturated heterocycles. The number of rotatable bonds is 32. The summed E-state index contributed by atoms with van der Waals surface area (Å²) in [5, 5.41) is 13.5. The van der Waals surface area contributed by atoms with Gasteiger partial charge in [-0.3, -0.25) is 13.8 Å². The lowest BCUT2D eigenvalue weighted by molar-refractivity contribution is -0.123. The first-order chi connectivity index (χ1) is 20.4. The van der Waals surface area contributed by atoms with E-state index >= 15 is 0 Å². The van der Waals surface area contributed by atoms with Crippen molar-refractivity contribution in [1.29, 1.82) is 0 Å². The van der Waals surface area contributed by atoms with E-state index in [0.29, 0.717) is 6.42 Å². The monoisotopic (exact) mass is 618 g/mol. The second kappa shape index (κ2) is 30.3. The van der Waals surface area contributed by atoms with Crippen LogP contribution in [-0.4, -0.2) is 47.8 Å². The van der Waals surface area contributed by atoms with Crippen molar-refractivity contribution in [3.63, 3.8) is 0 Å². The van der Waals surface area contributed by atoms with Crippen LogP contribution in [0.5, 0.6) is 0 Å². The second-order valence-electron chi connectivity index (χ2n) is 11.7.